The number of amides is 1. The molecule has 3 nitrogen and oxygen atoms in total. The molecule has 1 aliphatic carbocycles. The lowest BCUT2D eigenvalue weighted by atomic mass is 10.0. The van der Waals surface area contributed by atoms with Gasteiger partial charge in [0.25, 0.3) is 0 Å². The van der Waals surface area contributed by atoms with Crippen molar-refractivity contribution in [1.82, 2.24) is 9.80 Å². The first-order valence-corrected chi connectivity index (χ1v) is 8.18. The van der Waals surface area contributed by atoms with Crippen LogP contribution in [0.1, 0.15) is 36.8 Å². The number of carbonyl (C=O) groups excluding carboxylic acids is 1. The van der Waals surface area contributed by atoms with Gasteiger partial charge in [0, 0.05) is 38.6 Å². The zero-order valence-electron chi connectivity index (χ0n) is 13.2. The summed E-state index contributed by atoms with van der Waals surface area (Å²) in [4.78, 5) is 16.7. The van der Waals surface area contributed by atoms with E-state index in [1.165, 1.54) is 11.1 Å². The van der Waals surface area contributed by atoms with E-state index in [1.807, 2.05) is 11.9 Å². The van der Waals surface area contributed by atoms with E-state index in [2.05, 4.69) is 36.1 Å². The maximum absolute atomic E-state index is 12.1. The van der Waals surface area contributed by atoms with Crippen molar-refractivity contribution in [3.05, 3.63) is 35.4 Å². The first-order chi connectivity index (χ1) is 10.1. The van der Waals surface area contributed by atoms with Crippen molar-refractivity contribution in [2.24, 2.45) is 5.92 Å². The number of hydrogen-bond acceptors (Lipinski definition) is 2. The van der Waals surface area contributed by atoms with Crippen LogP contribution in [0.3, 0.4) is 0 Å². The molecule has 21 heavy (non-hydrogen) atoms. The maximum Gasteiger partial charge on any atom is 0.225 e. The lowest BCUT2D eigenvalue weighted by Gasteiger charge is -2.37. The van der Waals surface area contributed by atoms with Crippen molar-refractivity contribution in [2.75, 3.05) is 20.1 Å². The topological polar surface area (TPSA) is 23.6 Å². The van der Waals surface area contributed by atoms with Crippen LogP contribution in [0.15, 0.2) is 24.3 Å². The second-order valence-electron chi connectivity index (χ2n) is 6.72. The molecule has 3 rings (SSSR count). The zero-order chi connectivity index (χ0) is 14.8. The third-order valence-electron chi connectivity index (χ3n) is 4.91. The van der Waals surface area contributed by atoms with Crippen LogP contribution in [0.2, 0.25) is 0 Å². The summed E-state index contributed by atoms with van der Waals surface area (Å²) in [5.41, 5.74) is 2.71. The Balaban J connectivity index is 1.48. The number of likely N-dealkylation sites (tertiary alicyclic amines) is 1. The number of rotatable bonds is 4. The fourth-order valence-electron chi connectivity index (χ4n) is 3.21. The smallest absolute Gasteiger partial charge is 0.225 e. The molecule has 1 aromatic carbocycles. The highest BCUT2D eigenvalue weighted by atomic mass is 16.2. The Morgan fingerprint density at radius 2 is 1.76 bits per heavy atom. The Hall–Kier alpha value is -1.35. The highest BCUT2D eigenvalue weighted by molar-refractivity contribution is 5.81. The molecule has 0 N–H and O–H groups in total. The van der Waals surface area contributed by atoms with E-state index in [0.29, 0.717) is 17.9 Å². The summed E-state index contributed by atoms with van der Waals surface area (Å²) in [6.45, 7) is 5.36. The third kappa shape index (κ3) is 3.65. The molecule has 0 radical (unpaired) electrons. The molecule has 0 bridgehead atoms. The van der Waals surface area contributed by atoms with Gasteiger partial charge in [-0.2, -0.15) is 0 Å². The van der Waals surface area contributed by atoms with Crippen LogP contribution in [-0.4, -0.2) is 41.9 Å². The Kier molecular flexibility index (Phi) is 4.29. The summed E-state index contributed by atoms with van der Waals surface area (Å²) in [6.07, 6.45) is 4.44. The quantitative estimate of drug-likeness (QED) is 0.850. The zero-order valence-corrected chi connectivity index (χ0v) is 13.2. The molecule has 114 valence electrons. The number of hydrogen-bond donors (Lipinski definition) is 0. The second-order valence-corrected chi connectivity index (χ2v) is 6.72. The van der Waals surface area contributed by atoms with Gasteiger partial charge in [0.15, 0.2) is 0 Å². The summed E-state index contributed by atoms with van der Waals surface area (Å²) in [7, 11) is 2.00. The highest BCUT2D eigenvalue weighted by Crippen LogP contribution is 2.32. The highest BCUT2D eigenvalue weighted by Gasteiger charge is 2.35. The third-order valence-corrected chi connectivity index (χ3v) is 4.91. The molecule has 3 heteroatoms. The Labute approximate surface area is 127 Å². The number of benzene rings is 1. The van der Waals surface area contributed by atoms with Gasteiger partial charge < -0.3 is 4.90 Å². The summed E-state index contributed by atoms with van der Waals surface area (Å²) in [5, 5.41) is 0. The van der Waals surface area contributed by atoms with Crippen LogP contribution >= 0.6 is 0 Å². The van der Waals surface area contributed by atoms with Crippen LogP contribution in [0.25, 0.3) is 0 Å². The molecular formula is C18H26N2O. The Morgan fingerprint density at radius 3 is 2.33 bits per heavy atom. The summed E-state index contributed by atoms with van der Waals surface area (Å²) in [5.74, 6) is 0.729. The van der Waals surface area contributed by atoms with Gasteiger partial charge in [0.2, 0.25) is 5.91 Å². The molecular weight excluding hydrogens is 260 g/mol. The minimum atomic E-state index is 0.348. The van der Waals surface area contributed by atoms with Crippen LogP contribution in [0.5, 0.6) is 0 Å². The molecule has 2 fully saturated rings. The predicted molar refractivity (Wildman–Crippen MR) is 85.0 cm³/mol. The first kappa shape index (κ1) is 14.6. The van der Waals surface area contributed by atoms with Crippen LogP contribution in [-0.2, 0) is 11.3 Å². The van der Waals surface area contributed by atoms with Gasteiger partial charge in [-0.15, -0.1) is 0 Å². The van der Waals surface area contributed by atoms with Crippen LogP contribution in [0, 0.1) is 12.8 Å². The van der Waals surface area contributed by atoms with Crippen molar-refractivity contribution in [2.45, 2.75) is 45.2 Å². The minimum Gasteiger partial charge on any atom is -0.342 e. The summed E-state index contributed by atoms with van der Waals surface area (Å²) < 4.78 is 0. The molecule has 1 aromatic rings. The monoisotopic (exact) mass is 286 g/mol. The normalized spacial score (nSPS) is 20.5. The fourth-order valence-corrected chi connectivity index (χ4v) is 3.21. The Morgan fingerprint density at radius 1 is 1.14 bits per heavy atom. The molecule has 0 spiro atoms. The minimum absolute atomic E-state index is 0.348. The molecule has 1 amide bonds. The average molecular weight is 286 g/mol. The van der Waals surface area contributed by atoms with E-state index >= 15 is 0 Å². The number of piperidine rings is 1. The van der Waals surface area contributed by atoms with Gasteiger partial charge in [0.1, 0.15) is 0 Å². The molecule has 2 aliphatic rings. The van der Waals surface area contributed by atoms with Crippen molar-refractivity contribution in [3.8, 4) is 0 Å². The van der Waals surface area contributed by atoms with Gasteiger partial charge in [-0.3, -0.25) is 9.69 Å². The van der Waals surface area contributed by atoms with Crippen molar-refractivity contribution in [1.29, 1.82) is 0 Å². The Bertz CT molecular complexity index is 484. The van der Waals surface area contributed by atoms with E-state index < -0.39 is 0 Å². The molecule has 0 atom stereocenters. The maximum atomic E-state index is 12.1. The lowest BCUT2D eigenvalue weighted by molar-refractivity contribution is -0.134. The van der Waals surface area contributed by atoms with Gasteiger partial charge in [-0.1, -0.05) is 29.8 Å². The second kappa shape index (κ2) is 6.18. The average Bonchev–Trinajstić information content (AvgIpc) is 3.34. The van der Waals surface area contributed by atoms with E-state index in [0.717, 1.165) is 45.3 Å². The summed E-state index contributed by atoms with van der Waals surface area (Å²) >= 11 is 0. The molecule has 1 heterocycles. The van der Waals surface area contributed by atoms with Gasteiger partial charge in [-0.05, 0) is 38.2 Å². The molecule has 1 saturated carbocycles. The van der Waals surface area contributed by atoms with E-state index in [4.69, 9.17) is 0 Å². The summed E-state index contributed by atoms with van der Waals surface area (Å²) in [6, 6.07) is 9.27. The molecule has 0 aromatic heterocycles. The molecule has 0 unspecified atom stereocenters. The van der Waals surface area contributed by atoms with Crippen molar-refractivity contribution < 1.29 is 4.79 Å². The van der Waals surface area contributed by atoms with E-state index in [9.17, 15) is 4.79 Å². The number of carbonyl (C=O) groups is 1. The van der Waals surface area contributed by atoms with Gasteiger partial charge in [-0.25, -0.2) is 0 Å². The van der Waals surface area contributed by atoms with Crippen molar-refractivity contribution in [3.63, 3.8) is 0 Å². The van der Waals surface area contributed by atoms with Crippen LogP contribution < -0.4 is 0 Å². The van der Waals surface area contributed by atoms with E-state index in [-0.39, 0.29) is 0 Å². The fraction of sp³-hybridized carbons (Fsp3) is 0.611. The van der Waals surface area contributed by atoms with Crippen LogP contribution in [0.4, 0.5) is 0 Å². The largest absolute Gasteiger partial charge is 0.342 e. The standard InChI is InChI=1S/C18H26N2O/c1-14-3-5-15(6-4-14)13-20-11-9-17(10-12-20)19(2)18(21)16-7-8-16/h3-6,16-17H,7-13H2,1-2H3. The van der Waals surface area contributed by atoms with Gasteiger partial charge in [0.05, 0.1) is 0 Å². The van der Waals surface area contributed by atoms with Crippen molar-refractivity contribution >= 4 is 5.91 Å². The predicted octanol–water partition coefficient (Wildman–Crippen LogP) is 2.83. The SMILES string of the molecule is Cc1ccc(CN2CCC(N(C)C(=O)C3CC3)CC2)cc1. The molecule has 1 aliphatic heterocycles. The first-order valence-electron chi connectivity index (χ1n) is 8.18. The molecule has 1 saturated heterocycles. The number of nitrogens with zero attached hydrogens (tertiary/aromatic N) is 2. The number of aryl methyl sites for hydroxylation is 1. The van der Waals surface area contributed by atoms with Gasteiger partial charge >= 0.3 is 0 Å². The lowest BCUT2D eigenvalue weighted by Crippen LogP contribution is -2.45. The van der Waals surface area contributed by atoms with E-state index in [1.54, 1.807) is 0 Å².